The maximum absolute atomic E-state index is 12.4. The third kappa shape index (κ3) is 5.05. The van der Waals surface area contributed by atoms with E-state index >= 15 is 0 Å². The number of carbonyl (C=O) groups is 1. The Bertz CT molecular complexity index is 736. The summed E-state index contributed by atoms with van der Waals surface area (Å²) in [5, 5.41) is 36.3. The van der Waals surface area contributed by atoms with Crippen LogP contribution in [0.1, 0.15) is 78.6 Å². The molecule has 4 saturated carbocycles. The summed E-state index contributed by atoms with van der Waals surface area (Å²) in [4.78, 5) is 12.4. The first-order valence-electron chi connectivity index (χ1n) is 14.2. The molecule has 0 aliphatic heterocycles. The van der Waals surface area contributed by atoms with Crippen molar-refractivity contribution in [2.75, 3.05) is 26.3 Å². The molecule has 0 saturated heterocycles. The second-order valence-corrected chi connectivity index (χ2v) is 12.8. The quantitative estimate of drug-likeness (QED) is 0.314. The van der Waals surface area contributed by atoms with Crippen LogP contribution in [-0.2, 0) is 9.53 Å². The van der Waals surface area contributed by atoms with Gasteiger partial charge in [0, 0.05) is 19.5 Å². The highest BCUT2D eigenvalue weighted by atomic mass is 16.5. The molecule has 0 aromatic carbocycles. The molecule has 4 rings (SSSR count). The number of hydrogen-bond donors (Lipinski definition) is 5. The second kappa shape index (κ2) is 10.9. The fourth-order valence-electron chi connectivity index (χ4n) is 9.23. The highest BCUT2D eigenvalue weighted by Crippen LogP contribution is 2.68. The van der Waals surface area contributed by atoms with Crippen LogP contribution in [0.4, 0.5) is 0 Å². The van der Waals surface area contributed by atoms with Gasteiger partial charge in [-0.05, 0) is 97.7 Å². The maximum atomic E-state index is 12.4. The average molecular weight is 495 g/mol. The van der Waals surface area contributed by atoms with E-state index in [1.807, 2.05) is 0 Å². The lowest BCUT2D eigenvalue weighted by molar-refractivity contribution is -0.207. The summed E-state index contributed by atoms with van der Waals surface area (Å²) in [7, 11) is 0. The molecule has 11 atom stereocenters. The molecular weight excluding hydrogens is 444 g/mol. The first-order valence-corrected chi connectivity index (χ1v) is 14.2. The van der Waals surface area contributed by atoms with E-state index in [2.05, 4.69) is 26.1 Å². The van der Waals surface area contributed by atoms with Crippen molar-refractivity contribution in [3.05, 3.63) is 0 Å². The third-order valence-electron chi connectivity index (χ3n) is 11.2. The Labute approximate surface area is 211 Å². The zero-order chi connectivity index (χ0) is 25.4. The second-order valence-electron chi connectivity index (χ2n) is 12.8. The maximum Gasteiger partial charge on any atom is 0.220 e. The molecule has 7 heteroatoms. The van der Waals surface area contributed by atoms with Gasteiger partial charge < -0.3 is 31.1 Å². The molecule has 0 aromatic heterocycles. The molecule has 0 spiro atoms. The SMILES string of the molecule is C[C@H](CCC(=O)NCCOCCN)[C@H]1CC[C@H]2[C@@H]3[C@H](O)C[C@@H]4C[C@H](O)CC[C@]4(C)[C@H]3C[C@H](O)[C@]12C. The van der Waals surface area contributed by atoms with Crippen molar-refractivity contribution in [3.63, 3.8) is 0 Å². The fraction of sp³-hybridized carbons (Fsp3) is 0.964. The molecule has 4 fully saturated rings. The number of ether oxygens (including phenoxy) is 1. The van der Waals surface area contributed by atoms with Crippen LogP contribution in [0.25, 0.3) is 0 Å². The summed E-state index contributed by atoms with van der Waals surface area (Å²) in [6.45, 7) is 8.87. The molecule has 1 amide bonds. The van der Waals surface area contributed by atoms with E-state index in [4.69, 9.17) is 10.5 Å². The number of nitrogens with two attached hydrogens (primary N) is 1. The molecule has 0 aromatic rings. The van der Waals surface area contributed by atoms with E-state index in [1.54, 1.807) is 0 Å². The zero-order valence-electron chi connectivity index (χ0n) is 22.1. The number of nitrogens with one attached hydrogen (secondary N) is 1. The summed E-state index contributed by atoms with van der Waals surface area (Å²) in [5.41, 5.74) is 5.29. The van der Waals surface area contributed by atoms with Crippen molar-refractivity contribution in [2.45, 2.75) is 96.9 Å². The molecule has 0 bridgehead atoms. The third-order valence-corrected chi connectivity index (χ3v) is 11.2. The Morgan fingerprint density at radius 1 is 1.09 bits per heavy atom. The number of aliphatic hydroxyl groups excluding tert-OH is 3. The molecule has 4 aliphatic carbocycles. The van der Waals surface area contributed by atoms with Gasteiger partial charge in [-0.1, -0.05) is 20.8 Å². The Balaban J connectivity index is 1.40. The van der Waals surface area contributed by atoms with E-state index in [0.717, 1.165) is 51.4 Å². The molecule has 202 valence electrons. The standard InChI is InChI=1S/C28H50N2O5/c1-17(4-7-25(34)30-11-13-35-12-10-29)20-5-6-21-26-22(16-24(33)28(20,21)3)27(2)9-8-19(31)14-18(27)15-23(26)32/h17-24,26,31-33H,4-16,29H2,1-3H3,(H,30,34)/t17-,18+,19-,20-,21+,22+,23-,24+,26+,27+,28-/m1/s1. The van der Waals surface area contributed by atoms with Gasteiger partial charge >= 0.3 is 0 Å². The van der Waals surface area contributed by atoms with E-state index in [-0.39, 0.29) is 41.0 Å². The Hall–Kier alpha value is -0.730. The van der Waals surface area contributed by atoms with Crippen molar-refractivity contribution < 1.29 is 24.9 Å². The summed E-state index contributed by atoms with van der Waals surface area (Å²) in [5.74, 6) is 1.95. The van der Waals surface area contributed by atoms with Crippen LogP contribution in [0.15, 0.2) is 0 Å². The summed E-state index contributed by atoms with van der Waals surface area (Å²) in [6.07, 6.45) is 6.59. The first kappa shape index (κ1) is 27.3. The molecule has 0 heterocycles. The predicted molar refractivity (Wildman–Crippen MR) is 135 cm³/mol. The minimum absolute atomic E-state index is 0.0540. The number of fused-ring (bicyclic) bond motifs is 5. The molecule has 35 heavy (non-hydrogen) atoms. The van der Waals surface area contributed by atoms with Crippen molar-refractivity contribution in [3.8, 4) is 0 Å². The van der Waals surface area contributed by atoms with Gasteiger partial charge in [0.15, 0.2) is 0 Å². The number of carbonyl (C=O) groups excluding carboxylic acids is 1. The van der Waals surface area contributed by atoms with E-state index in [1.165, 1.54) is 0 Å². The number of rotatable bonds is 9. The average Bonchev–Trinajstić information content (AvgIpc) is 3.17. The van der Waals surface area contributed by atoms with Crippen molar-refractivity contribution in [1.29, 1.82) is 0 Å². The summed E-state index contributed by atoms with van der Waals surface area (Å²) in [6, 6.07) is 0. The van der Waals surface area contributed by atoms with Crippen LogP contribution in [0.3, 0.4) is 0 Å². The van der Waals surface area contributed by atoms with Crippen LogP contribution in [0.5, 0.6) is 0 Å². The van der Waals surface area contributed by atoms with Crippen LogP contribution >= 0.6 is 0 Å². The Kier molecular flexibility index (Phi) is 8.54. The normalized spacial score (nSPS) is 45.8. The van der Waals surface area contributed by atoms with E-state index in [9.17, 15) is 20.1 Å². The minimum Gasteiger partial charge on any atom is -0.393 e. The van der Waals surface area contributed by atoms with Gasteiger partial charge in [-0.25, -0.2) is 0 Å². The highest BCUT2D eigenvalue weighted by Gasteiger charge is 2.65. The number of aliphatic hydroxyl groups is 3. The molecule has 0 unspecified atom stereocenters. The molecular formula is C28H50N2O5. The summed E-state index contributed by atoms with van der Waals surface area (Å²) < 4.78 is 5.32. The smallest absolute Gasteiger partial charge is 0.220 e. The van der Waals surface area contributed by atoms with Crippen LogP contribution in [-0.4, -0.2) is 65.8 Å². The Morgan fingerprint density at radius 2 is 1.86 bits per heavy atom. The van der Waals surface area contributed by atoms with E-state index < -0.39 is 0 Å². The van der Waals surface area contributed by atoms with Crippen molar-refractivity contribution in [1.82, 2.24) is 5.32 Å². The van der Waals surface area contributed by atoms with Gasteiger partial charge in [0.1, 0.15) is 0 Å². The lowest BCUT2D eigenvalue weighted by atomic mass is 9.43. The lowest BCUT2D eigenvalue weighted by Gasteiger charge is -2.63. The lowest BCUT2D eigenvalue weighted by Crippen LogP contribution is -2.62. The van der Waals surface area contributed by atoms with Gasteiger partial charge in [-0.15, -0.1) is 0 Å². The van der Waals surface area contributed by atoms with Gasteiger partial charge in [-0.3, -0.25) is 4.79 Å². The molecule has 0 radical (unpaired) electrons. The van der Waals surface area contributed by atoms with E-state index in [0.29, 0.717) is 62.3 Å². The molecule has 7 nitrogen and oxygen atoms in total. The number of amides is 1. The highest BCUT2D eigenvalue weighted by molar-refractivity contribution is 5.75. The van der Waals surface area contributed by atoms with Gasteiger partial charge in [-0.2, -0.15) is 0 Å². The van der Waals surface area contributed by atoms with Crippen LogP contribution in [0.2, 0.25) is 0 Å². The number of hydrogen-bond acceptors (Lipinski definition) is 6. The predicted octanol–water partition coefficient (Wildman–Crippen LogP) is 2.46. The summed E-state index contributed by atoms with van der Waals surface area (Å²) >= 11 is 0. The topological polar surface area (TPSA) is 125 Å². The van der Waals surface area contributed by atoms with Gasteiger partial charge in [0.25, 0.3) is 0 Å². The largest absolute Gasteiger partial charge is 0.393 e. The van der Waals surface area contributed by atoms with Crippen LogP contribution < -0.4 is 11.1 Å². The Morgan fingerprint density at radius 3 is 2.60 bits per heavy atom. The molecule has 4 aliphatic rings. The van der Waals surface area contributed by atoms with Gasteiger partial charge in [0.2, 0.25) is 5.91 Å². The zero-order valence-corrected chi connectivity index (χ0v) is 22.1. The monoisotopic (exact) mass is 494 g/mol. The first-order chi connectivity index (χ1) is 16.6. The fourth-order valence-corrected chi connectivity index (χ4v) is 9.23. The minimum atomic E-state index is -0.383. The van der Waals surface area contributed by atoms with Crippen molar-refractivity contribution in [2.24, 2.45) is 52.1 Å². The van der Waals surface area contributed by atoms with Crippen LogP contribution in [0, 0.1) is 46.3 Å². The van der Waals surface area contributed by atoms with Crippen molar-refractivity contribution >= 4 is 5.91 Å². The van der Waals surface area contributed by atoms with Gasteiger partial charge in [0.05, 0.1) is 31.5 Å². The molecule has 6 N–H and O–H groups in total.